The fourth-order valence-electron chi connectivity index (χ4n) is 2.70. The van der Waals surface area contributed by atoms with E-state index in [0.717, 1.165) is 24.3 Å². The third-order valence-electron chi connectivity index (χ3n) is 3.92. The van der Waals surface area contributed by atoms with Crippen molar-refractivity contribution in [3.8, 4) is 5.75 Å². The normalized spacial score (nSPS) is 12.1. The standard InChI is InChI=1S/C17H13NO8S2/c19-16-14(28(24,25)26)8-6-11-13(27(21,22)23)9-7-12(15(11)16)18-17(20)10-4-2-1-3-5-10/h1-9,19H,(H,18,20)(H,21,22,23)(H,24,25,26). The Morgan fingerprint density at radius 1 is 0.786 bits per heavy atom. The lowest BCUT2D eigenvalue weighted by molar-refractivity contribution is 0.102. The van der Waals surface area contributed by atoms with Crippen LogP contribution in [0.3, 0.4) is 0 Å². The van der Waals surface area contributed by atoms with E-state index in [-0.39, 0.29) is 22.0 Å². The minimum absolute atomic E-state index is 0.126. The van der Waals surface area contributed by atoms with E-state index in [1.807, 2.05) is 0 Å². The van der Waals surface area contributed by atoms with Gasteiger partial charge in [0.1, 0.15) is 15.5 Å². The minimum Gasteiger partial charge on any atom is -0.506 e. The highest BCUT2D eigenvalue weighted by atomic mass is 32.2. The van der Waals surface area contributed by atoms with Gasteiger partial charge >= 0.3 is 0 Å². The van der Waals surface area contributed by atoms with Crippen molar-refractivity contribution in [3.63, 3.8) is 0 Å². The maximum atomic E-state index is 12.4. The molecule has 0 aliphatic carbocycles. The summed E-state index contributed by atoms with van der Waals surface area (Å²) in [5, 5.41) is 12.2. The molecule has 0 bridgehead atoms. The van der Waals surface area contributed by atoms with Gasteiger partial charge < -0.3 is 10.4 Å². The first-order chi connectivity index (χ1) is 13.0. The molecule has 0 aliphatic heterocycles. The summed E-state index contributed by atoms with van der Waals surface area (Å²) in [4.78, 5) is 10.9. The van der Waals surface area contributed by atoms with Crippen LogP contribution in [0.15, 0.2) is 64.4 Å². The molecular weight excluding hydrogens is 410 g/mol. The van der Waals surface area contributed by atoms with Gasteiger partial charge in [-0.3, -0.25) is 13.9 Å². The number of phenolic OH excluding ortho intramolecular Hbond substituents is 1. The van der Waals surface area contributed by atoms with Crippen molar-refractivity contribution in [2.24, 2.45) is 0 Å². The van der Waals surface area contributed by atoms with Crippen LogP contribution in [0, 0.1) is 0 Å². The molecule has 0 saturated heterocycles. The number of nitrogens with one attached hydrogen (secondary N) is 1. The van der Waals surface area contributed by atoms with Gasteiger partial charge in [0.2, 0.25) is 0 Å². The molecule has 3 aromatic rings. The van der Waals surface area contributed by atoms with Gasteiger partial charge in [-0.1, -0.05) is 24.3 Å². The highest BCUT2D eigenvalue weighted by Gasteiger charge is 2.24. The average Bonchev–Trinajstić information content (AvgIpc) is 2.60. The lowest BCUT2D eigenvalue weighted by Crippen LogP contribution is -2.13. The summed E-state index contributed by atoms with van der Waals surface area (Å²) in [6.07, 6.45) is 0. The molecule has 4 N–H and O–H groups in total. The number of fused-ring (bicyclic) bond motifs is 1. The molecule has 28 heavy (non-hydrogen) atoms. The summed E-state index contributed by atoms with van der Waals surface area (Å²) in [6, 6.07) is 11.8. The molecule has 0 aliphatic rings. The number of hydrogen-bond donors (Lipinski definition) is 4. The Morgan fingerprint density at radius 3 is 1.93 bits per heavy atom. The number of rotatable bonds is 4. The Balaban J connectivity index is 2.30. The maximum absolute atomic E-state index is 12.4. The van der Waals surface area contributed by atoms with E-state index in [9.17, 15) is 35.8 Å². The quantitative estimate of drug-likeness (QED) is 0.465. The largest absolute Gasteiger partial charge is 0.506 e. The van der Waals surface area contributed by atoms with Gasteiger partial charge in [0.25, 0.3) is 26.1 Å². The molecule has 11 heteroatoms. The monoisotopic (exact) mass is 423 g/mol. The Morgan fingerprint density at radius 2 is 1.36 bits per heavy atom. The van der Waals surface area contributed by atoms with Crippen LogP contribution in [0.25, 0.3) is 10.8 Å². The summed E-state index contributed by atoms with van der Waals surface area (Å²) in [7, 11) is -9.57. The molecule has 146 valence electrons. The van der Waals surface area contributed by atoms with Crippen molar-refractivity contribution in [1.82, 2.24) is 0 Å². The van der Waals surface area contributed by atoms with Crippen LogP contribution < -0.4 is 5.32 Å². The van der Waals surface area contributed by atoms with E-state index in [0.29, 0.717) is 0 Å². The van der Waals surface area contributed by atoms with E-state index in [2.05, 4.69) is 5.32 Å². The number of amides is 1. The lowest BCUT2D eigenvalue weighted by atomic mass is 10.1. The first-order valence-electron chi connectivity index (χ1n) is 7.60. The molecule has 0 heterocycles. The summed E-state index contributed by atoms with van der Waals surface area (Å²) < 4.78 is 64.8. The molecule has 1 amide bonds. The van der Waals surface area contributed by atoms with Gasteiger partial charge in [-0.05, 0) is 30.3 Å². The first-order valence-corrected chi connectivity index (χ1v) is 10.5. The average molecular weight is 423 g/mol. The third-order valence-corrected chi connectivity index (χ3v) is 5.71. The fourth-order valence-corrected chi connectivity index (χ4v) is 3.98. The minimum atomic E-state index is -4.85. The van der Waals surface area contributed by atoms with Crippen LogP contribution >= 0.6 is 0 Å². The lowest BCUT2D eigenvalue weighted by Gasteiger charge is -2.14. The zero-order valence-electron chi connectivity index (χ0n) is 13.9. The van der Waals surface area contributed by atoms with Crippen LogP contribution in [0.2, 0.25) is 0 Å². The molecule has 0 spiro atoms. The number of benzene rings is 3. The predicted octanol–water partition coefficient (Wildman–Crippen LogP) is 2.29. The molecule has 0 saturated carbocycles. The fraction of sp³-hybridized carbons (Fsp3) is 0. The third kappa shape index (κ3) is 3.68. The topological polar surface area (TPSA) is 158 Å². The van der Waals surface area contributed by atoms with Crippen LogP contribution in [-0.2, 0) is 20.2 Å². The van der Waals surface area contributed by atoms with Gasteiger partial charge in [-0.15, -0.1) is 0 Å². The Kier molecular flexibility index (Phi) is 4.85. The highest BCUT2D eigenvalue weighted by Crippen LogP contribution is 2.39. The zero-order valence-corrected chi connectivity index (χ0v) is 15.5. The molecule has 3 rings (SSSR count). The van der Waals surface area contributed by atoms with Crippen LogP contribution in [0.1, 0.15) is 10.4 Å². The van der Waals surface area contributed by atoms with Crippen LogP contribution in [0.4, 0.5) is 5.69 Å². The first kappa shape index (κ1) is 19.8. The molecule has 3 aromatic carbocycles. The van der Waals surface area contributed by atoms with Crippen molar-refractivity contribution >= 4 is 42.6 Å². The number of aromatic hydroxyl groups is 1. The second-order valence-electron chi connectivity index (χ2n) is 5.72. The van der Waals surface area contributed by atoms with Gasteiger partial charge in [-0.25, -0.2) is 0 Å². The number of carbonyl (C=O) groups excluding carboxylic acids is 1. The van der Waals surface area contributed by atoms with E-state index in [1.165, 1.54) is 12.1 Å². The smallest absolute Gasteiger partial charge is 0.298 e. The van der Waals surface area contributed by atoms with Gasteiger partial charge in [0, 0.05) is 16.3 Å². The Labute approximate surface area is 159 Å². The van der Waals surface area contributed by atoms with Crippen molar-refractivity contribution < 1.29 is 35.8 Å². The van der Waals surface area contributed by atoms with Gasteiger partial charge in [0.15, 0.2) is 0 Å². The van der Waals surface area contributed by atoms with Crippen molar-refractivity contribution in [2.75, 3.05) is 5.32 Å². The molecule has 9 nitrogen and oxygen atoms in total. The Bertz CT molecular complexity index is 1300. The molecule has 0 radical (unpaired) electrons. The second-order valence-corrected chi connectivity index (χ2v) is 8.50. The predicted molar refractivity (Wildman–Crippen MR) is 99.6 cm³/mol. The number of carbonyl (C=O) groups is 1. The zero-order chi connectivity index (χ0) is 20.7. The van der Waals surface area contributed by atoms with Gasteiger partial charge in [-0.2, -0.15) is 16.8 Å². The van der Waals surface area contributed by atoms with Crippen molar-refractivity contribution in [1.29, 1.82) is 0 Å². The van der Waals surface area contributed by atoms with E-state index >= 15 is 0 Å². The molecule has 0 fully saturated rings. The number of phenols is 1. The van der Waals surface area contributed by atoms with Crippen molar-refractivity contribution in [3.05, 3.63) is 60.2 Å². The second kappa shape index (κ2) is 6.87. The van der Waals surface area contributed by atoms with Gasteiger partial charge in [0.05, 0.1) is 5.69 Å². The van der Waals surface area contributed by atoms with Crippen LogP contribution in [-0.4, -0.2) is 37.0 Å². The summed E-state index contributed by atoms with van der Waals surface area (Å²) >= 11 is 0. The summed E-state index contributed by atoms with van der Waals surface area (Å²) in [5.74, 6) is -1.59. The number of hydrogen-bond acceptors (Lipinski definition) is 6. The SMILES string of the molecule is O=C(Nc1ccc(S(=O)(=O)O)c2ccc(S(=O)(=O)O)c(O)c12)c1ccccc1. The van der Waals surface area contributed by atoms with E-state index < -0.39 is 41.7 Å². The molecule has 0 unspecified atom stereocenters. The van der Waals surface area contributed by atoms with E-state index in [4.69, 9.17) is 0 Å². The van der Waals surface area contributed by atoms with Crippen molar-refractivity contribution in [2.45, 2.75) is 9.79 Å². The molecule has 0 atom stereocenters. The molecule has 0 aromatic heterocycles. The Hall–Kier alpha value is -2.99. The van der Waals surface area contributed by atoms with E-state index in [1.54, 1.807) is 18.2 Å². The maximum Gasteiger partial charge on any atom is 0.298 e. The summed E-state index contributed by atoms with van der Waals surface area (Å²) in [6.45, 7) is 0. The van der Waals surface area contributed by atoms with Crippen LogP contribution in [0.5, 0.6) is 5.75 Å². The highest BCUT2D eigenvalue weighted by molar-refractivity contribution is 7.86. The number of anilines is 1. The summed E-state index contributed by atoms with van der Waals surface area (Å²) in [5.41, 5.74) is 0.124. The molecular formula is C17H13NO8S2.